The zero-order chi connectivity index (χ0) is 6.69. The Morgan fingerprint density at radius 3 is 2.00 bits per heavy atom. The van der Waals surface area contributed by atoms with Gasteiger partial charge in [0, 0.05) is 21.1 Å². The summed E-state index contributed by atoms with van der Waals surface area (Å²) in [5.74, 6) is -0.879. The normalized spacial score (nSPS) is 8.00. The molecule has 0 fully saturated rings. The molecular weight excluding hydrogens is 311 g/mol. The van der Waals surface area contributed by atoms with Crippen molar-refractivity contribution in [3.8, 4) is 0 Å². The molecule has 0 atom stereocenters. The Balaban J connectivity index is 0.000000810. The van der Waals surface area contributed by atoms with E-state index in [1.165, 1.54) is 0 Å². The van der Waals surface area contributed by atoms with Crippen molar-refractivity contribution in [2.75, 3.05) is 0 Å². The molecule has 0 aromatic heterocycles. The fraction of sp³-hybridized carbons (Fsp3) is 0. The van der Waals surface area contributed by atoms with E-state index < -0.39 is 5.97 Å². The Labute approximate surface area is 73.1 Å². The molecule has 2 nitrogen and oxygen atoms in total. The molecule has 0 aliphatic heterocycles. The first-order valence-corrected chi connectivity index (χ1v) is 2.59. The van der Waals surface area contributed by atoms with Crippen LogP contribution in [0.4, 0.5) is 0 Å². The molecule has 0 spiro atoms. The second kappa shape index (κ2) is 4.23. The Bertz CT molecular complexity index is 208. The molecule has 0 aliphatic rings. The quantitative estimate of drug-likeness (QED) is 0.850. The number of carboxylic acid groups (broad SMARTS) is 1. The van der Waals surface area contributed by atoms with Gasteiger partial charge in [-0.15, -0.1) is 0 Å². The second-order valence-electron chi connectivity index (χ2n) is 1.67. The van der Waals surface area contributed by atoms with Gasteiger partial charge in [-0.2, -0.15) is 0 Å². The molecule has 56 valence electrons. The van der Waals surface area contributed by atoms with Gasteiger partial charge in [0.05, 0.1) is 5.56 Å². The summed E-state index contributed by atoms with van der Waals surface area (Å²) in [4.78, 5) is 10.2. The van der Waals surface area contributed by atoms with E-state index in [1.54, 1.807) is 30.3 Å². The van der Waals surface area contributed by atoms with Crippen LogP contribution in [-0.2, 0) is 21.1 Å². The minimum atomic E-state index is -0.879. The summed E-state index contributed by atoms with van der Waals surface area (Å²) in [5.41, 5.74) is 0.331. The molecule has 1 aromatic carbocycles. The minimum Gasteiger partial charge on any atom is -0.478 e. The van der Waals surface area contributed by atoms with Crippen molar-refractivity contribution in [2.24, 2.45) is 0 Å². The van der Waals surface area contributed by atoms with Crippen molar-refractivity contribution in [1.29, 1.82) is 0 Å². The van der Waals surface area contributed by atoms with Gasteiger partial charge in [0.25, 0.3) is 0 Å². The minimum absolute atomic E-state index is 0. The van der Waals surface area contributed by atoms with Gasteiger partial charge in [0.2, 0.25) is 0 Å². The van der Waals surface area contributed by atoms with E-state index in [0.29, 0.717) is 5.56 Å². The van der Waals surface area contributed by atoms with E-state index >= 15 is 0 Å². The van der Waals surface area contributed by atoms with Crippen molar-refractivity contribution in [3.63, 3.8) is 0 Å². The summed E-state index contributed by atoms with van der Waals surface area (Å²) in [7, 11) is 0. The zero-order valence-electron chi connectivity index (χ0n) is 5.06. The summed E-state index contributed by atoms with van der Waals surface area (Å²) in [6.07, 6.45) is 0. The van der Waals surface area contributed by atoms with Crippen molar-refractivity contribution >= 4 is 5.97 Å². The average Bonchev–Trinajstić information content (AvgIpc) is 1.90. The third kappa shape index (κ3) is 2.32. The number of carboxylic acids is 1. The van der Waals surface area contributed by atoms with E-state index in [1.807, 2.05) is 0 Å². The van der Waals surface area contributed by atoms with Crippen LogP contribution < -0.4 is 0 Å². The van der Waals surface area contributed by atoms with Crippen LogP contribution in [0, 0.1) is 0 Å². The number of carbonyl (C=O) groups is 1. The molecule has 0 saturated heterocycles. The van der Waals surface area contributed by atoms with Gasteiger partial charge in [-0.1, -0.05) is 18.2 Å². The molecule has 10 heavy (non-hydrogen) atoms. The summed E-state index contributed by atoms with van der Waals surface area (Å²) < 4.78 is 0. The molecule has 0 heterocycles. The van der Waals surface area contributed by atoms with E-state index in [0.717, 1.165) is 0 Å². The monoisotopic (exact) mass is 317 g/mol. The number of rotatable bonds is 1. The van der Waals surface area contributed by atoms with Crippen LogP contribution >= 0.6 is 0 Å². The van der Waals surface area contributed by atoms with Gasteiger partial charge in [-0.05, 0) is 12.1 Å². The Hall–Kier alpha value is -0.622. The molecule has 1 rings (SSSR count). The van der Waals surface area contributed by atoms with Crippen LogP contribution in [0.5, 0.6) is 0 Å². The summed E-state index contributed by atoms with van der Waals surface area (Å²) in [6, 6.07) is 8.30. The summed E-state index contributed by atoms with van der Waals surface area (Å²) in [5, 5.41) is 8.38. The maximum Gasteiger partial charge on any atom is 0.335 e. The van der Waals surface area contributed by atoms with Gasteiger partial charge in [-0.25, -0.2) is 4.79 Å². The van der Waals surface area contributed by atoms with Crippen molar-refractivity contribution in [2.45, 2.75) is 0 Å². The molecule has 1 aromatic rings. The van der Waals surface area contributed by atoms with E-state index in [9.17, 15) is 4.79 Å². The smallest absolute Gasteiger partial charge is 0.335 e. The van der Waals surface area contributed by atoms with Crippen LogP contribution in [0.15, 0.2) is 30.3 Å². The Morgan fingerprint density at radius 1 is 1.20 bits per heavy atom. The molecule has 1 N–H and O–H groups in total. The fourth-order valence-electron chi connectivity index (χ4n) is 0.581. The predicted octanol–water partition coefficient (Wildman–Crippen LogP) is 1.38. The number of hydrogen-bond acceptors (Lipinski definition) is 1. The third-order valence-electron chi connectivity index (χ3n) is 1.02. The maximum absolute atomic E-state index is 10.2. The number of benzene rings is 1. The molecule has 0 radical (unpaired) electrons. The topological polar surface area (TPSA) is 37.3 Å². The standard InChI is InChI=1S/C7H6O2.Pt/c8-7(9)6-4-2-1-3-5-6;/h1-5H,(H,8,9);. The van der Waals surface area contributed by atoms with Crippen LogP contribution in [0.25, 0.3) is 0 Å². The number of aromatic carboxylic acids is 1. The van der Waals surface area contributed by atoms with Crippen LogP contribution in [0.2, 0.25) is 0 Å². The van der Waals surface area contributed by atoms with Crippen molar-refractivity contribution in [1.82, 2.24) is 0 Å². The van der Waals surface area contributed by atoms with Gasteiger partial charge in [-0.3, -0.25) is 0 Å². The first kappa shape index (κ1) is 9.38. The summed E-state index contributed by atoms with van der Waals surface area (Å²) >= 11 is 0. The summed E-state index contributed by atoms with van der Waals surface area (Å²) in [6.45, 7) is 0. The van der Waals surface area contributed by atoms with Gasteiger partial charge in [0.15, 0.2) is 0 Å². The average molecular weight is 317 g/mol. The number of hydrogen-bond donors (Lipinski definition) is 1. The van der Waals surface area contributed by atoms with Gasteiger partial charge >= 0.3 is 5.97 Å². The molecule has 0 bridgehead atoms. The molecule has 0 amide bonds. The SMILES string of the molecule is O=C(O)c1ccccc1.[Pt]. The van der Waals surface area contributed by atoms with Crippen molar-refractivity contribution in [3.05, 3.63) is 35.9 Å². The molecule has 0 aliphatic carbocycles. The molecule has 0 unspecified atom stereocenters. The van der Waals surface area contributed by atoms with E-state index in [2.05, 4.69) is 0 Å². The zero-order valence-corrected chi connectivity index (χ0v) is 7.33. The molecular formula is C7H6O2Pt. The van der Waals surface area contributed by atoms with Crippen LogP contribution in [-0.4, -0.2) is 11.1 Å². The predicted molar refractivity (Wildman–Crippen MR) is 33.4 cm³/mol. The fourth-order valence-corrected chi connectivity index (χ4v) is 0.581. The van der Waals surface area contributed by atoms with E-state index in [4.69, 9.17) is 5.11 Å². The van der Waals surface area contributed by atoms with Crippen LogP contribution in [0.3, 0.4) is 0 Å². The molecule has 0 saturated carbocycles. The van der Waals surface area contributed by atoms with E-state index in [-0.39, 0.29) is 21.1 Å². The van der Waals surface area contributed by atoms with Gasteiger partial charge < -0.3 is 5.11 Å². The second-order valence-corrected chi connectivity index (χ2v) is 1.67. The first-order valence-electron chi connectivity index (χ1n) is 2.59. The third-order valence-corrected chi connectivity index (χ3v) is 1.02. The Kier molecular flexibility index (Phi) is 3.97. The van der Waals surface area contributed by atoms with Crippen molar-refractivity contribution < 1.29 is 31.0 Å². The molecule has 3 heteroatoms. The maximum atomic E-state index is 10.2. The van der Waals surface area contributed by atoms with Gasteiger partial charge in [0.1, 0.15) is 0 Å². The largest absolute Gasteiger partial charge is 0.478 e. The first-order chi connectivity index (χ1) is 4.30. The Morgan fingerprint density at radius 2 is 1.70 bits per heavy atom. The van der Waals surface area contributed by atoms with Crippen LogP contribution in [0.1, 0.15) is 10.4 Å².